The van der Waals surface area contributed by atoms with Crippen LogP contribution in [-0.4, -0.2) is 18.8 Å². The molecule has 1 aromatic carbocycles. The summed E-state index contributed by atoms with van der Waals surface area (Å²) in [5, 5.41) is 8.65. The summed E-state index contributed by atoms with van der Waals surface area (Å²) in [5.74, 6) is 0.838. The molecule has 0 saturated carbocycles. The summed E-state index contributed by atoms with van der Waals surface area (Å²) in [6, 6.07) is 5.87. The average molecular weight is 178 g/mol. The molecule has 0 heterocycles. The fourth-order valence-electron chi connectivity index (χ4n) is 1.22. The monoisotopic (exact) mass is 178 g/mol. The molecule has 1 aromatic rings. The molecule has 0 saturated heterocycles. The Balaban J connectivity index is 3.07. The maximum absolute atomic E-state index is 8.65. The standard InChI is InChI=1S/C11H14O2/c1-9-5-3-7-11(13-2)10(9)6-4-8-12/h3-7,12H,8H2,1-2H3/b6-4+. The summed E-state index contributed by atoms with van der Waals surface area (Å²) in [6.07, 6.45) is 3.57. The highest BCUT2D eigenvalue weighted by Gasteiger charge is 2.00. The highest BCUT2D eigenvalue weighted by molar-refractivity contribution is 5.60. The van der Waals surface area contributed by atoms with Crippen molar-refractivity contribution in [2.45, 2.75) is 6.92 Å². The topological polar surface area (TPSA) is 29.5 Å². The van der Waals surface area contributed by atoms with Gasteiger partial charge in [-0.15, -0.1) is 0 Å². The Bertz CT molecular complexity index is 303. The molecule has 0 aromatic heterocycles. The van der Waals surface area contributed by atoms with Gasteiger partial charge in [0.05, 0.1) is 13.7 Å². The van der Waals surface area contributed by atoms with Crippen molar-refractivity contribution < 1.29 is 9.84 Å². The van der Waals surface area contributed by atoms with Crippen LogP contribution in [0.3, 0.4) is 0 Å². The lowest BCUT2D eigenvalue weighted by Crippen LogP contribution is -1.89. The van der Waals surface area contributed by atoms with Gasteiger partial charge in [0.15, 0.2) is 0 Å². The van der Waals surface area contributed by atoms with Crippen molar-refractivity contribution in [1.82, 2.24) is 0 Å². The van der Waals surface area contributed by atoms with E-state index in [9.17, 15) is 0 Å². The summed E-state index contributed by atoms with van der Waals surface area (Å²) in [4.78, 5) is 0. The Hall–Kier alpha value is -1.28. The van der Waals surface area contributed by atoms with Crippen molar-refractivity contribution in [3.05, 3.63) is 35.4 Å². The first-order valence-corrected chi connectivity index (χ1v) is 4.20. The molecule has 1 N–H and O–H groups in total. The van der Waals surface area contributed by atoms with E-state index < -0.39 is 0 Å². The minimum atomic E-state index is 0.0531. The van der Waals surface area contributed by atoms with Crippen molar-refractivity contribution in [1.29, 1.82) is 0 Å². The zero-order valence-corrected chi connectivity index (χ0v) is 7.95. The van der Waals surface area contributed by atoms with Gasteiger partial charge in [-0.2, -0.15) is 0 Å². The van der Waals surface area contributed by atoms with Crippen LogP contribution in [0, 0.1) is 6.92 Å². The number of ether oxygens (including phenoxy) is 1. The molecule has 0 aliphatic carbocycles. The molecule has 0 radical (unpaired) electrons. The Morgan fingerprint density at radius 2 is 2.23 bits per heavy atom. The molecule has 0 atom stereocenters. The lowest BCUT2D eigenvalue weighted by Gasteiger charge is -2.06. The van der Waals surface area contributed by atoms with Crippen LogP contribution in [0.2, 0.25) is 0 Å². The molecule has 2 nitrogen and oxygen atoms in total. The van der Waals surface area contributed by atoms with E-state index in [4.69, 9.17) is 9.84 Å². The first-order chi connectivity index (χ1) is 6.29. The van der Waals surface area contributed by atoms with Gasteiger partial charge >= 0.3 is 0 Å². The van der Waals surface area contributed by atoms with Gasteiger partial charge in [-0.05, 0) is 18.6 Å². The van der Waals surface area contributed by atoms with Crippen molar-refractivity contribution in [2.24, 2.45) is 0 Å². The molecular formula is C11H14O2. The summed E-state index contributed by atoms with van der Waals surface area (Å²) in [5.41, 5.74) is 2.17. The van der Waals surface area contributed by atoms with Crippen LogP contribution in [-0.2, 0) is 0 Å². The zero-order valence-electron chi connectivity index (χ0n) is 7.95. The minimum Gasteiger partial charge on any atom is -0.496 e. The fourth-order valence-corrected chi connectivity index (χ4v) is 1.22. The second-order valence-corrected chi connectivity index (χ2v) is 2.78. The van der Waals surface area contributed by atoms with Gasteiger partial charge in [0.1, 0.15) is 5.75 Å². The molecule has 0 aliphatic rings. The van der Waals surface area contributed by atoms with E-state index in [1.165, 1.54) is 0 Å². The maximum atomic E-state index is 8.65. The SMILES string of the molecule is COc1cccc(C)c1/C=C/CO. The van der Waals surface area contributed by atoms with Crippen LogP contribution < -0.4 is 4.74 Å². The largest absolute Gasteiger partial charge is 0.496 e. The Kier molecular flexibility index (Phi) is 3.53. The van der Waals surface area contributed by atoms with E-state index in [2.05, 4.69) is 0 Å². The van der Waals surface area contributed by atoms with Gasteiger partial charge in [0, 0.05) is 5.56 Å². The minimum absolute atomic E-state index is 0.0531. The van der Waals surface area contributed by atoms with E-state index in [-0.39, 0.29) is 6.61 Å². The molecule has 0 spiro atoms. The number of benzene rings is 1. The number of aliphatic hydroxyl groups is 1. The van der Waals surface area contributed by atoms with Gasteiger partial charge in [-0.1, -0.05) is 24.3 Å². The van der Waals surface area contributed by atoms with Crippen LogP contribution in [0.25, 0.3) is 6.08 Å². The second-order valence-electron chi connectivity index (χ2n) is 2.78. The van der Waals surface area contributed by atoms with Crippen LogP contribution in [0.4, 0.5) is 0 Å². The normalized spacial score (nSPS) is 10.7. The summed E-state index contributed by atoms with van der Waals surface area (Å²) < 4.78 is 5.19. The molecular weight excluding hydrogens is 164 g/mol. The van der Waals surface area contributed by atoms with Crippen LogP contribution in [0.15, 0.2) is 24.3 Å². The van der Waals surface area contributed by atoms with Crippen molar-refractivity contribution in [3.63, 3.8) is 0 Å². The van der Waals surface area contributed by atoms with Crippen molar-refractivity contribution in [3.8, 4) is 5.75 Å². The van der Waals surface area contributed by atoms with Gasteiger partial charge in [0.25, 0.3) is 0 Å². The summed E-state index contributed by atoms with van der Waals surface area (Å²) >= 11 is 0. The molecule has 1 rings (SSSR count). The molecule has 0 unspecified atom stereocenters. The third kappa shape index (κ3) is 2.33. The van der Waals surface area contributed by atoms with Gasteiger partial charge < -0.3 is 9.84 Å². The highest BCUT2D eigenvalue weighted by atomic mass is 16.5. The molecule has 0 aliphatic heterocycles. The van der Waals surface area contributed by atoms with Crippen LogP contribution in [0.5, 0.6) is 5.75 Å². The van der Waals surface area contributed by atoms with Gasteiger partial charge in [-0.25, -0.2) is 0 Å². The number of rotatable bonds is 3. The highest BCUT2D eigenvalue weighted by Crippen LogP contribution is 2.22. The number of aryl methyl sites for hydroxylation is 1. The quantitative estimate of drug-likeness (QED) is 0.767. The van der Waals surface area contributed by atoms with Crippen LogP contribution >= 0.6 is 0 Å². The first-order valence-electron chi connectivity index (χ1n) is 4.20. The van der Waals surface area contributed by atoms with E-state index >= 15 is 0 Å². The number of hydrogen-bond acceptors (Lipinski definition) is 2. The third-order valence-electron chi connectivity index (χ3n) is 1.89. The van der Waals surface area contributed by atoms with E-state index in [0.29, 0.717) is 0 Å². The van der Waals surface area contributed by atoms with Crippen molar-refractivity contribution >= 4 is 6.08 Å². The molecule has 2 heteroatoms. The molecule has 70 valence electrons. The molecule has 0 amide bonds. The first kappa shape index (κ1) is 9.81. The summed E-state index contributed by atoms with van der Waals surface area (Å²) in [6.45, 7) is 2.07. The smallest absolute Gasteiger partial charge is 0.126 e. The van der Waals surface area contributed by atoms with Crippen molar-refractivity contribution in [2.75, 3.05) is 13.7 Å². The number of methoxy groups -OCH3 is 1. The Labute approximate surface area is 78.5 Å². The van der Waals surface area contributed by atoms with E-state index in [1.54, 1.807) is 13.2 Å². The summed E-state index contributed by atoms with van der Waals surface area (Å²) in [7, 11) is 1.64. The molecule has 0 bridgehead atoms. The predicted octanol–water partition coefficient (Wildman–Crippen LogP) is 2.01. The average Bonchev–Trinajstić information content (AvgIpc) is 2.15. The third-order valence-corrected chi connectivity index (χ3v) is 1.89. The van der Waals surface area contributed by atoms with E-state index in [1.807, 2.05) is 31.2 Å². The molecule has 13 heavy (non-hydrogen) atoms. The number of hydrogen-bond donors (Lipinski definition) is 1. The lowest BCUT2D eigenvalue weighted by molar-refractivity contribution is 0.343. The second kappa shape index (κ2) is 4.67. The Morgan fingerprint density at radius 1 is 1.46 bits per heavy atom. The maximum Gasteiger partial charge on any atom is 0.126 e. The van der Waals surface area contributed by atoms with Gasteiger partial charge in [-0.3, -0.25) is 0 Å². The molecule has 0 fully saturated rings. The van der Waals surface area contributed by atoms with Gasteiger partial charge in [0.2, 0.25) is 0 Å². The predicted molar refractivity (Wildman–Crippen MR) is 53.9 cm³/mol. The fraction of sp³-hybridized carbons (Fsp3) is 0.273. The Morgan fingerprint density at radius 3 is 2.85 bits per heavy atom. The zero-order chi connectivity index (χ0) is 9.68. The van der Waals surface area contributed by atoms with Crippen LogP contribution in [0.1, 0.15) is 11.1 Å². The number of aliphatic hydroxyl groups excluding tert-OH is 1. The van der Waals surface area contributed by atoms with E-state index in [0.717, 1.165) is 16.9 Å². The lowest BCUT2D eigenvalue weighted by atomic mass is 10.1.